The predicted octanol–water partition coefficient (Wildman–Crippen LogP) is 4.62. The van der Waals surface area contributed by atoms with Gasteiger partial charge in [-0.05, 0) is 60.9 Å². The Morgan fingerprint density at radius 3 is 2.43 bits per heavy atom. The van der Waals surface area contributed by atoms with Crippen molar-refractivity contribution in [3.05, 3.63) is 74.6 Å². The maximum Gasteiger partial charge on any atom is 0.261 e. The summed E-state index contributed by atoms with van der Waals surface area (Å²) >= 11 is 2.81. The molecule has 2 heterocycles. The predicted molar refractivity (Wildman–Crippen MR) is 140 cm³/mol. The molecule has 9 heteroatoms. The number of methoxy groups -OCH3 is 1. The number of carbonyl (C=O) groups is 3. The molecule has 1 atom stereocenters. The lowest BCUT2D eigenvalue weighted by atomic mass is 9.98. The maximum atomic E-state index is 13.7. The van der Waals surface area contributed by atoms with Gasteiger partial charge in [0.1, 0.15) is 11.8 Å². The first kappa shape index (κ1) is 26.4. The number of nitrogens with one attached hydrogen (secondary N) is 2. The van der Waals surface area contributed by atoms with Gasteiger partial charge in [-0.3, -0.25) is 14.4 Å². The average Bonchev–Trinajstić information content (AvgIpc) is 3.56. The third-order valence-electron chi connectivity index (χ3n) is 5.69. The number of hydrogen-bond donors (Lipinski definition) is 2. The summed E-state index contributed by atoms with van der Waals surface area (Å²) in [6, 6.07) is 13.6. The number of rotatable bonds is 11. The normalized spacial score (nSPS) is 12.0. The Kier molecular flexibility index (Phi) is 9.06. The average molecular weight is 514 g/mol. The fourth-order valence-corrected chi connectivity index (χ4v) is 4.76. The highest BCUT2D eigenvalue weighted by Gasteiger charge is 2.34. The summed E-state index contributed by atoms with van der Waals surface area (Å²) in [5.41, 5.74) is 0.169. The molecule has 1 aromatic carbocycles. The molecule has 0 aliphatic rings. The fourth-order valence-electron chi connectivity index (χ4n) is 3.42. The van der Waals surface area contributed by atoms with Crippen molar-refractivity contribution in [2.75, 3.05) is 13.7 Å². The minimum atomic E-state index is -0.913. The van der Waals surface area contributed by atoms with Crippen molar-refractivity contribution in [2.24, 2.45) is 0 Å². The minimum absolute atomic E-state index is 0.229. The Bertz CT molecular complexity index is 1130. The molecule has 3 amide bonds. The second-order valence-electron chi connectivity index (χ2n) is 8.67. The van der Waals surface area contributed by atoms with Gasteiger partial charge in [-0.1, -0.05) is 31.2 Å². The van der Waals surface area contributed by atoms with Crippen LogP contribution in [0.1, 0.15) is 53.3 Å². The first-order valence-corrected chi connectivity index (χ1v) is 13.1. The van der Waals surface area contributed by atoms with Gasteiger partial charge in [-0.2, -0.15) is 0 Å². The zero-order chi connectivity index (χ0) is 25.4. The Hall–Kier alpha value is -3.17. The third-order valence-corrected chi connectivity index (χ3v) is 7.42. The molecular formula is C26H31N3O4S2. The molecule has 0 aliphatic heterocycles. The molecule has 2 aromatic heterocycles. The number of nitrogens with zero attached hydrogens (tertiary/aromatic N) is 1. The summed E-state index contributed by atoms with van der Waals surface area (Å²) in [5, 5.41) is 9.52. The first-order chi connectivity index (χ1) is 16.7. The van der Waals surface area contributed by atoms with Gasteiger partial charge in [-0.15, -0.1) is 22.7 Å². The molecule has 0 radical (unpaired) electrons. The van der Waals surface area contributed by atoms with Crippen LogP contribution in [-0.2, 0) is 16.1 Å². The molecule has 2 N–H and O–H groups in total. The zero-order valence-electron chi connectivity index (χ0n) is 20.4. The summed E-state index contributed by atoms with van der Waals surface area (Å²) in [7, 11) is 1.56. The Morgan fingerprint density at radius 2 is 1.80 bits per heavy atom. The lowest BCUT2D eigenvalue weighted by molar-refractivity contribution is -0.141. The second kappa shape index (κ2) is 12.0. The summed E-state index contributed by atoms with van der Waals surface area (Å²) in [6.45, 7) is 5.89. The number of carbonyl (C=O) groups excluding carboxylic acids is 3. The van der Waals surface area contributed by atoms with Crippen LogP contribution in [-0.4, -0.2) is 41.8 Å². The van der Waals surface area contributed by atoms with Gasteiger partial charge in [0.05, 0.1) is 25.1 Å². The van der Waals surface area contributed by atoms with E-state index in [2.05, 4.69) is 10.6 Å². The summed E-state index contributed by atoms with van der Waals surface area (Å²) in [6.07, 6.45) is 0.722. The molecule has 7 nitrogen and oxygen atoms in total. The summed E-state index contributed by atoms with van der Waals surface area (Å²) in [5.74, 6) is -0.385. The van der Waals surface area contributed by atoms with Gasteiger partial charge in [0.25, 0.3) is 5.91 Å². The van der Waals surface area contributed by atoms with E-state index in [1.165, 1.54) is 27.6 Å². The quantitative estimate of drug-likeness (QED) is 0.392. The molecule has 3 rings (SSSR count). The van der Waals surface area contributed by atoms with E-state index in [0.717, 1.165) is 11.3 Å². The standard InChI is InChI=1S/C26H31N3O4S2/c1-5-26(2,3)28-25(32)23(18-9-6-10-19(15-18)33-4)29(17-20-11-7-13-34-20)22(30)16-27-24(31)21-12-8-14-35-21/h6-15,23H,5,16-17H2,1-4H3,(H,27,31)(H,28,32). The highest BCUT2D eigenvalue weighted by atomic mass is 32.1. The summed E-state index contributed by atoms with van der Waals surface area (Å²) < 4.78 is 5.38. The lowest BCUT2D eigenvalue weighted by Gasteiger charge is -2.34. The molecule has 0 saturated carbocycles. The molecule has 0 aliphatic carbocycles. The van der Waals surface area contributed by atoms with Crippen LogP contribution in [0.25, 0.3) is 0 Å². The molecule has 186 valence electrons. The lowest BCUT2D eigenvalue weighted by Crippen LogP contribution is -2.51. The fraction of sp³-hybridized carbons (Fsp3) is 0.346. The number of amides is 3. The van der Waals surface area contributed by atoms with Crippen molar-refractivity contribution < 1.29 is 19.1 Å². The van der Waals surface area contributed by atoms with Gasteiger partial charge >= 0.3 is 0 Å². The third kappa shape index (κ3) is 7.16. The van der Waals surface area contributed by atoms with E-state index < -0.39 is 11.6 Å². The van der Waals surface area contributed by atoms with Crippen molar-refractivity contribution in [3.8, 4) is 5.75 Å². The Balaban J connectivity index is 1.96. The molecule has 0 fully saturated rings. The number of ether oxygens (including phenoxy) is 1. The van der Waals surface area contributed by atoms with E-state index in [0.29, 0.717) is 16.2 Å². The van der Waals surface area contributed by atoms with Crippen molar-refractivity contribution >= 4 is 40.4 Å². The van der Waals surface area contributed by atoms with Gasteiger partial charge in [0.15, 0.2) is 0 Å². The van der Waals surface area contributed by atoms with E-state index in [1.54, 1.807) is 42.8 Å². The number of benzene rings is 1. The smallest absolute Gasteiger partial charge is 0.261 e. The highest BCUT2D eigenvalue weighted by molar-refractivity contribution is 7.12. The number of hydrogen-bond acceptors (Lipinski definition) is 6. The highest BCUT2D eigenvalue weighted by Crippen LogP contribution is 2.28. The van der Waals surface area contributed by atoms with Crippen LogP contribution in [0.2, 0.25) is 0 Å². The topological polar surface area (TPSA) is 87.7 Å². The van der Waals surface area contributed by atoms with E-state index >= 15 is 0 Å². The summed E-state index contributed by atoms with van der Waals surface area (Å²) in [4.78, 5) is 42.7. The van der Waals surface area contributed by atoms with Gasteiger partial charge in [0, 0.05) is 10.4 Å². The molecule has 0 bridgehead atoms. The van der Waals surface area contributed by atoms with Gasteiger partial charge in [-0.25, -0.2) is 0 Å². The van der Waals surface area contributed by atoms with Crippen molar-refractivity contribution in [3.63, 3.8) is 0 Å². The van der Waals surface area contributed by atoms with E-state index in [-0.39, 0.29) is 30.8 Å². The Labute approximate surface area is 214 Å². The second-order valence-corrected chi connectivity index (χ2v) is 10.6. The van der Waals surface area contributed by atoms with Crippen molar-refractivity contribution in [2.45, 2.75) is 45.3 Å². The van der Waals surface area contributed by atoms with Crippen LogP contribution >= 0.6 is 22.7 Å². The van der Waals surface area contributed by atoms with Gasteiger partial charge < -0.3 is 20.3 Å². The number of thiophene rings is 2. The van der Waals surface area contributed by atoms with Crippen LogP contribution in [0.5, 0.6) is 5.75 Å². The van der Waals surface area contributed by atoms with Crippen LogP contribution in [0, 0.1) is 0 Å². The SMILES string of the molecule is CCC(C)(C)NC(=O)C(c1cccc(OC)c1)N(Cc1cccs1)C(=O)CNC(=O)c1cccs1. The molecule has 1 unspecified atom stereocenters. The molecule has 3 aromatic rings. The minimum Gasteiger partial charge on any atom is -0.497 e. The maximum absolute atomic E-state index is 13.7. The molecular weight excluding hydrogens is 482 g/mol. The largest absolute Gasteiger partial charge is 0.497 e. The van der Waals surface area contributed by atoms with Crippen LogP contribution in [0.15, 0.2) is 59.3 Å². The Morgan fingerprint density at radius 1 is 1.06 bits per heavy atom. The molecule has 0 saturated heterocycles. The van der Waals surface area contributed by atoms with Gasteiger partial charge in [0.2, 0.25) is 11.8 Å². The molecule has 0 spiro atoms. The first-order valence-electron chi connectivity index (χ1n) is 11.3. The van der Waals surface area contributed by atoms with Crippen molar-refractivity contribution in [1.29, 1.82) is 0 Å². The van der Waals surface area contributed by atoms with Crippen LogP contribution in [0.4, 0.5) is 0 Å². The van der Waals surface area contributed by atoms with E-state index in [1.807, 2.05) is 44.4 Å². The zero-order valence-corrected chi connectivity index (χ0v) is 22.0. The van der Waals surface area contributed by atoms with E-state index in [9.17, 15) is 14.4 Å². The van der Waals surface area contributed by atoms with E-state index in [4.69, 9.17) is 4.74 Å². The van der Waals surface area contributed by atoms with Crippen LogP contribution < -0.4 is 15.4 Å². The molecule has 35 heavy (non-hydrogen) atoms. The van der Waals surface area contributed by atoms with Crippen molar-refractivity contribution in [1.82, 2.24) is 15.5 Å². The van der Waals surface area contributed by atoms with Crippen LogP contribution in [0.3, 0.4) is 0 Å². The monoisotopic (exact) mass is 513 g/mol.